The molecule has 0 spiro atoms. The fourth-order valence-electron chi connectivity index (χ4n) is 1.07. The van der Waals surface area contributed by atoms with E-state index in [0.717, 1.165) is 12.1 Å². The molecule has 0 saturated heterocycles. The predicted molar refractivity (Wildman–Crippen MR) is 51.2 cm³/mol. The van der Waals surface area contributed by atoms with Gasteiger partial charge in [-0.1, -0.05) is 6.07 Å². The summed E-state index contributed by atoms with van der Waals surface area (Å²) in [6.45, 7) is 4.17. The van der Waals surface area contributed by atoms with Gasteiger partial charge in [0.2, 0.25) is 0 Å². The molecular formula is C10H16N2. The van der Waals surface area contributed by atoms with E-state index < -0.39 is 0 Å². The number of rotatable bonds is 3. The molecule has 0 amide bonds. The fraction of sp³-hybridized carbons (Fsp3) is 0.500. The third kappa shape index (κ3) is 2.62. The van der Waals surface area contributed by atoms with Crippen LogP contribution in [0.25, 0.3) is 0 Å². The van der Waals surface area contributed by atoms with Crippen molar-refractivity contribution in [2.45, 2.75) is 26.3 Å². The molecular weight excluding hydrogens is 148 g/mol. The van der Waals surface area contributed by atoms with Crippen molar-refractivity contribution in [3.63, 3.8) is 0 Å². The zero-order chi connectivity index (χ0) is 8.97. The van der Waals surface area contributed by atoms with Gasteiger partial charge < -0.3 is 5.32 Å². The summed E-state index contributed by atoms with van der Waals surface area (Å²) < 4.78 is 0. The quantitative estimate of drug-likeness (QED) is 0.733. The van der Waals surface area contributed by atoms with Crippen LogP contribution in [0.5, 0.6) is 0 Å². The van der Waals surface area contributed by atoms with E-state index >= 15 is 0 Å². The lowest BCUT2D eigenvalue weighted by molar-refractivity contribution is 0.607. The van der Waals surface area contributed by atoms with Crippen LogP contribution in [0.4, 0.5) is 0 Å². The van der Waals surface area contributed by atoms with Crippen molar-refractivity contribution in [1.29, 1.82) is 0 Å². The minimum Gasteiger partial charge on any atom is -0.317 e. The Morgan fingerprint density at radius 3 is 2.75 bits per heavy atom. The first-order valence-corrected chi connectivity index (χ1v) is 4.31. The summed E-state index contributed by atoms with van der Waals surface area (Å²) in [7, 11) is 1.98. The van der Waals surface area contributed by atoms with Crippen molar-refractivity contribution in [1.82, 2.24) is 10.3 Å². The van der Waals surface area contributed by atoms with E-state index in [1.165, 1.54) is 5.56 Å². The van der Waals surface area contributed by atoms with Crippen LogP contribution in [-0.2, 0) is 6.42 Å². The number of nitrogens with zero attached hydrogens (tertiary/aromatic N) is 1. The Bertz CT molecular complexity index is 228. The van der Waals surface area contributed by atoms with Gasteiger partial charge in [-0.15, -0.1) is 0 Å². The van der Waals surface area contributed by atoms with Gasteiger partial charge in [-0.3, -0.25) is 4.98 Å². The highest BCUT2D eigenvalue weighted by Gasteiger charge is 1.99. The Kier molecular flexibility index (Phi) is 3.23. The van der Waals surface area contributed by atoms with E-state index in [1.807, 2.05) is 20.2 Å². The second-order valence-electron chi connectivity index (χ2n) is 3.20. The number of likely N-dealkylation sites (N-methyl/N-ethyl adjacent to an activating group) is 1. The van der Waals surface area contributed by atoms with Crippen molar-refractivity contribution in [3.8, 4) is 0 Å². The number of pyridine rings is 1. The summed E-state index contributed by atoms with van der Waals surface area (Å²) in [5.74, 6) is 0. The molecule has 12 heavy (non-hydrogen) atoms. The van der Waals surface area contributed by atoms with E-state index in [9.17, 15) is 0 Å². The van der Waals surface area contributed by atoms with E-state index in [0.29, 0.717) is 6.04 Å². The first-order chi connectivity index (χ1) is 5.72. The number of hydrogen-bond acceptors (Lipinski definition) is 2. The molecule has 1 aromatic rings. The van der Waals surface area contributed by atoms with Crippen molar-refractivity contribution in [2.24, 2.45) is 0 Å². The van der Waals surface area contributed by atoms with Gasteiger partial charge in [0.1, 0.15) is 0 Å². The molecule has 0 aliphatic heterocycles. The van der Waals surface area contributed by atoms with E-state index in [2.05, 4.69) is 29.4 Å². The van der Waals surface area contributed by atoms with Gasteiger partial charge in [-0.05, 0) is 38.9 Å². The first-order valence-electron chi connectivity index (χ1n) is 4.31. The average molecular weight is 164 g/mol. The highest BCUT2D eigenvalue weighted by Crippen LogP contribution is 2.02. The van der Waals surface area contributed by atoms with Crippen LogP contribution in [0, 0.1) is 6.92 Å². The number of hydrogen-bond donors (Lipinski definition) is 1. The minimum absolute atomic E-state index is 0.523. The summed E-state index contributed by atoms with van der Waals surface area (Å²) in [5.41, 5.74) is 2.37. The number of aromatic nitrogens is 1. The number of aryl methyl sites for hydroxylation is 1. The van der Waals surface area contributed by atoms with Crippen LogP contribution in [0.1, 0.15) is 18.2 Å². The summed E-state index contributed by atoms with van der Waals surface area (Å²) in [5, 5.41) is 3.20. The summed E-state index contributed by atoms with van der Waals surface area (Å²) >= 11 is 0. The van der Waals surface area contributed by atoms with Gasteiger partial charge in [-0.2, -0.15) is 0 Å². The second-order valence-corrected chi connectivity index (χ2v) is 3.20. The molecule has 0 aliphatic carbocycles. The Balaban J connectivity index is 2.58. The molecule has 1 rings (SSSR count). The molecule has 0 aromatic carbocycles. The molecule has 66 valence electrons. The molecule has 1 atom stereocenters. The Labute approximate surface area is 74.0 Å². The van der Waals surface area contributed by atoms with Gasteiger partial charge in [0.05, 0.1) is 0 Å². The molecule has 2 heteroatoms. The lowest BCUT2D eigenvalue weighted by atomic mass is 10.1. The van der Waals surface area contributed by atoms with Gasteiger partial charge in [-0.25, -0.2) is 0 Å². The maximum atomic E-state index is 4.24. The average Bonchev–Trinajstić information content (AvgIpc) is 2.09. The highest BCUT2D eigenvalue weighted by molar-refractivity contribution is 5.14. The summed E-state index contributed by atoms with van der Waals surface area (Å²) in [6, 6.07) is 4.71. The Hall–Kier alpha value is -0.890. The van der Waals surface area contributed by atoms with Gasteiger partial charge >= 0.3 is 0 Å². The molecule has 0 fully saturated rings. The molecule has 1 aromatic heterocycles. The normalized spacial score (nSPS) is 12.9. The zero-order valence-electron chi connectivity index (χ0n) is 7.96. The topological polar surface area (TPSA) is 24.9 Å². The Morgan fingerprint density at radius 2 is 2.25 bits per heavy atom. The molecule has 0 saturated carbocycles. The van der Waals surface area contributed by atoms with Gasteiger partial charge in [0.25, 0.3) is 0 Å². The van der Waals surface area contributed by atoms with Crippen molar-refractivity contribution in [3.05, 3.63) is 29.6 Å². The molecule has 1 unspecified atom stereocenters. The number of nitrogens with one attached hydrogen (secondary N) is 1. The zero-order valence-corrected chi connectivity index (χ0v) is 7.96. The minimum atomic E-state index is 0.523. The second kappa shape index (κ2) is 4.21. The fourth-order valence-corrected chi connectivity index (χ4v) is 1.07. The van der Waals surface area contributed by atoms with Crippen LogP contribution >= 0.6 is 0 Å². The van der Waals surface area contributed by atoms with Gasteiger partial charge in [0.15, 0.2) is 0 Å². The van der Waals surface area contributed by atoms with Crippen LogP contribution in [0.3, 0.4) is 0 Å². The summed E-state index contributed by atoms with van der Waals surface area (Å²) in [4.78, 5) is 4.24. The van der Waals surface area contributed by atoms with E-state index in [1.54, 1.807) is 0 Å². The molecule has 0 radical (unpaired) electrons. The van der Waals surface area contributed by atoms with Crippen molar-refractivity contribution in [2.75, 3.05) is 7.05 Å². The highest BCUT2D eigenvalue weighted by atomic mass is 14.8. The molecule has 1 heterocycles. The summed E-state index contributed by atoms with van der Waals surface area (Å²) in [6.07, 6.45) is 2.99. The van der Waals surface area contributed by atoms with Crippen LogP contribution in [0.15, 0.2) is 18.3 Å². The van der Waals surface area contributed by atoms with Crippen molar-refractivity contribution < 1.29 is 0 Å². The van der Waals surface area contributed by atoms with Gasteiger partial charge in [0, 0.05) is 17.9 Å². The molecule has 0 bridgehead atoms. The smallest absolute Gasteiger partial charge is 0.0372 e. The maximum absolute atomic E-state index is 4.24. The van der Waals surface area contributed by atoms with Crippen LogP contribution < -0.4 is 5.32 Å². The van der Waals surface area contributed by atoms with Crippen LogP contribution in [-0.4, -0.2) is 18.1 Å². The Morgan fingerprint density at radius 1 is 1.50 bits per heavy atom. The predicted octanol–water partition coefficient (Wildman–Crippen LogP) is 1.54. The molecule has 0 aliphatic rings. The maximum Gasteiger partial charge on any atom is 0.0372 e. The van der Waals surface area contributed by atoms with Crippen LogP contribution in [0.2, 0.25) is 0 Å². The van der Waals surface area contributed by atoms with E-state index in [-0.39, 0.29) is 0 Å². The largest absolute Gasteiger partial charge is 0.317 e. The first kappa shape index (κ1) is 9.20. The monoisotopic (exact) mass is 164 g/mol. The van der Waals surface area contributed by atoms with Crippen molar-refractivity contribution >= 4 is 0 Å². The van der Waals surface area contributed by atoms with E-state index in [4.69, 9.17) is 0 Å². The SMILES string of the molecule is CNC(C)Cc1ccc(C)nc1. The molecule has 1 N–H and O–H groups in total. The lowest BCUT2D eigenvalue weighted by Gasteiger charge is -2.09. The third-order valence-electron chi connectivity index (χ3n) is 2.01. The molecule has 2 nitrogen and oxygen atoms in total. The third-order valence-corrected chi connectivity index (χ3v) is 2.01. The lowest BCUT2D eigenvalue weighted by Crippen LogP contribution is -2.23. The standard InChI is InChI=1S/C10H16N2/c1-8-4-5-10(7-12-8)6-9(2)11-3/h4-5,7,9,11H,6H2,1-3H3.